The number of nitrogens with one attached hydrogen (secondary N) is 1. The summed E-state index contributed by atoms with van der Waals surface area (Å²) >= 11 is 5.90. The van der Waals surface area contributed by atoms with Gasteiger partial charge in [-0.3, -0.25) is 0 Å². The molecule has 4 heteroatoms. The van der Waals surface area contributed by atoms with Crippen LogP contribution in [0.4, 0.5) is 5.69 Å². The van der Waals surface area contributed by atoms with E-state index in [9.17, 15) is 10.2 Å². The van der Waals surface area contributed by atoms with Crippen molar-refractivity contribution in [2.24, 2.45) is 0 Å². The summed E-state index contributed by atoms with van der Waals surface area (Å²) in [6.07, 6.45) is 0. The second-order valence-corrected chi connectivity index (χ2v) is 5.22. The second kappa shape index (κ2) is 5.54. The highest BCUT2D eigenvalue weighted by Crippen LogP contribution is 2.30. The minimum absolute atomic E-state index is 0.0792. The molecule has 0 aromatic heterocycles. The lowest BCUT2D eigenvalue weighted by Crippen LogP contribution is -1.99. The van der Waals surface area contributed by atoms with Crippen molar-refractivity contribution in [2.75, 3.05) is 5.32 Å². The molecular weight excluding hydrogens is 286 g/mol. The maximum atomic E-state index is 9.87. The summed E-state index contributed by atoms with van der Waals surface area (Å²) in [4.78, 5) is 0. The Morgan fingerprint density at radius 3 is 2.43 bits per heavy atom. The molecule has 0 spiro atoms. The fourth-order valence-electron chi connectivity index (χ4n) is 2.31. The quantitative estimate of drug-likeness (QED) is 0.666. The molecule has 0 aliphatic heterocycles. The van der Waals surface area contributed by atoms with Crippen LogP contribution >= 0.6 is 11.6 Å². The number of aromatic hydroxyl groups is 2. The Morgan fingerprint density at radius 1 is 0.857 bits per heavy atom. The van der Waals surface area contributed by atoms with Gasteiger partial charge in [-0.05, 0) is 29.8 Å². The number of hydrogen-bond acceptors (Lipinski definition) is 3. The number of phenolic OH excluding ortho intramolecular Hbond substituents is 2. The molecule has 0 saturated heterocycles. The van der Waals surface area contributed by atoms with Crippen LogP contribution in [-0.4, -0.2) is 10.2 Å². The van der Waals surface area contributed by atoms with Gasteiger partial charge in [-0.2, -0.15) is 0 Å². The van der Waals surface area contributed by atoms with Gasteiger partial charge < -0.3 is 15.5 Å². The maximum absolute atomic E-state index is 9.87. The Kier molecular flexibility index (Phi) is 3.59. The summed E-state index contributed by atoms with van der Waals surface area (Å²) in [5, 5.41) is 24.7. The van der Waals surface area contributed by atoms with Gasteiger partial charge in [0.05, 0.1) is 5.02 Å². The third-order valence-corrected chi connectivity index (χ3v) is 3.70. The highest BCUT2D eigenvalue weighted by Gasteiger charge is 2.05. The molecule has 0 fully saturated rings. The lowest BCUT2D eigenvalue weighted by atomic mass is 10.1. The number of hydrogen-bond donors (Lipinski definition) is 3. The van der Waals surface area contributed by atoms with Crippen molar-refractivity contribution >= 4 is 28.1 Å². The summed E-state index contributed by atoms with van der Waals surface area (Å²) in [5.41, 5.74) is 1.91. The second-order valence-electron chi connectivity index (χ2n) is 4.82. The minimum atomic E-state index is 0.0792. The Morgan fingerprint density at radius 2 is 1.62 bits per heavy atom. The zero-order chi connectivity index (χ0) is 14.8. The third-order valence-electron chi connectivity index (χ3n) is 3.39. The van der Waals surface area contributed by atoms with Gasteiger partial charge in [-0.25, -0.2) is 0 Å². The lowest BCUT2D eigenvalue weighted by Gasteiger charge is -2.11. The molecule has 3 aromatic carbocycles. The van der Waals surface area contributed by atoms with Gasteiger partial charge in [0.2, 0.25) is 0 Å². The molecule has 0 saturated carbocycles. The molecule has 3 N–H and O–H groups in total. The van der Waals surface area contributed by atoms with Crippen molar-refractivity contribution in [2.45, 2.75) is 6.54 Å². The smallest absolute Gasteiger partial charge is 0.134 e. The molecule has 106 valence electrons. The predicted molar refractivity (Wildman–Crippen MR) is 86.1 cm³/mol. The number of benzene rings is 3. The van der Waals surface area contributed by atoms with Crippen LogP contribution in [0.5, 0.6) is 11.5 Å². The fraction of sp³-hybridized carbons (Fsp3) is 0.0588. The Labute approximate surface area is 127 Å². The fourth-order valence-corrected chi connectivity index (χ4v) is 2.51. The van der Waals surface area contributed by atoms with Crippen molar-refractivity contribution in [3.8, 4) is 11.5 Å². The van der Waals surface area contributed by atoms with E-state index in [2.05, 4.69) is 5.32 Å². The predicted octanol–water partition coefficient (Wildman–Crippen LogP) is 4.52. The molecule has 0 atom stereocenters. The van der Waals surface area contributed by atoms with E-state index in [1.165, 1.54) is 0 Å². The largest absolute Gasteiger partial charge is 0.507 e. The van der Waals surface area contributed by atoms with Crippen LogP contribution in [0.3, 0.4) is 0 Å². The molecule has 3 nitrogen and oxygen atoms in total. The Balaban J connectivity index is 1.88. The van der Waals surface area contributed by atoms with Crippen LogP contribution < -0.4 is 5.32 Å². The van der Waals surface area contributed by atoms with Gasteiger partial charge >= 0.3 is 0 Å². The van der Waals surface area contributed by atoms with Crippen LogP contribution in [0.15, 0.2) is 54.6 Å². The van der Waals surface area contributed by atoms with Gasteiger partial charge in [0.25, 0.3) is 0 Å². The SMILES string of the molecule is Oc1ccc(CNc2cccc3c(O)cccc23)cc1Cl. The van der Waals surface area contributed by atoms with E-state index in [0.717, 1.165) is 22.0 Å². The summed E-state index contributed by atoms with van der Waals surface area (Å²) in [7, 11) is 0. The molecule has 3 rings (SSSR count). The van der Waals surface area contributed by atoms with Crippen molar-refractivity contribution in [3.63, 3.8) is 0 Å². The number of phenols is 2. The first-order valence-corrected chi connectivity index (χ1v) is 6.95. The Hall–Kier alpha value is -2.39. The molecule has 0 unspecified atom stereocenters. The van der Waals surface area contributed by atoms with E-state index in [1.54, 1.807) is 18.2 Å². The Bertz CT molecular complexity index is 802. The molecule has 0 bridgehead atoms. The van der Waals surface area contributed by atoms with Crippen molar-refractivity contribution in [1.29, 1.82) is 0 Å². The summed E-state index contributed by atoms with van der Waals surface area (Å²) < 4.78 is 0. The number of anilines is 1. The van der Waals surface area contributed by atoms with Crippen LogP contribution in [-0.2, 0) is 6.54 Å². The molecule has 0 aliphatic rings. The number of halogens is 1. The zero-order valence-electron chi connectivity index (χ0n) is 11.2. The van der Waals surface area contributed by atoms with Crippen LogP contribution in [0.25, 0.3) is 10.8 Å². The number of rotatable bonds is 3. The van der Waals surface area contributed by atoms with Gasteiger partial charge in [-0.1, -0.05) is 41.9 Å². The molecule has 0 aliphatic carbocycles. The van der Waals surface area contributed by atoms with Gasteiger partial charge in [-0.15, -0.1) is 0 Å². The average Bonchev–Trinajstić information content (AvgIpc) is 2.49. The molecular formula is C17H14ClNO2. The number of fused-ring (bicyclic) bond motifs is 1. The topological polar surface area (TPSA) is 52.5 Å². The first-order valence-electron chi connectivity index (χ1n) is 6.57. The molecule has 0 amide bonds. The average molecular weight is 300 g/mol. The molecule has 3 aromatic rings. The minimum Gasteiger partial charge on any atom is -0.507 e. The normalized spacial score (nSPS) is 10.7. The van der Waals surface area contributed by atoms with Crippen LogP contribution in [0, 0.1) is 0 Å². The van der Waals surface area contributed by atoms with Crippen molar-refractivity contribution in [3.05, 3.63) is 65.2 Å². The zero-order valence-corrected chi connectivity index (χ0v) is 11.9. The van der Waals surface area contributed by atoms with Gasteiger partial charge in [0.15, 0.2) is 0 Å². The van der Waals surface area contributed by atoms with E-state index >= 15 is 0 Å². The monoisotopic (exact) mass is 299 g/mol. The summed E-state index contributed by atoms with van der Waals surface area (Å²) in [6, 6.07) is 16.3. The molecule has 0 heterocycles. The van der Waals surface area contributed by atoms with Crippen LogP contribution in [0.1, 0.15) is 5.56 Å². The summed E-state index contributed by atoms with van der Waals surface area (Å²) in [6.45, 7) is 0.578. The standard InChI is InChI=1S/C17H14ClNO2/c18-14-9-11(7-8-17(14)21)10-19-15-5-1-4-13-12(15)3-2-6-16(13)20/h1-9,19-21H,10H2. The van der Waals surface area contributed by atoms with E-state index in [-0.39, 0.29) is 11.5 Å². The van der Waals surface area contributed by atoms with E-state index in [4.69, 9.17) is 11.6 Å². The van der Waals surface area contributed by atoms with Crippen LogP contribution in [0.2, 0.25) is 5.02 Å². The maximum Gasteiger partial charge on any atom is 0.134 e. The van der Waals surface area contributed by atoms with E-state index in [0.29, 0.717) is 11.6 Å². The van der Waals surface area contributed by atoms with Gasteiger partial charge in [0.1, 0.15) is 11.5 Å². The van der Waals surface area contributed by atoms with Crippen molar-refractivity contribution < 1.29 is 10.2 Å². The molecule has 21 heavy (non-hydrogen) atoms. The third kappa shape index (κ3) is 2.73. The van der Waals surface area contributed by atoms with E-state index in [1.807, 2.05) is 36.4 Å². The molecule has 0 radical (unpaired) electrons. The first kappa shape index (κ1) is 13.6. The summed E-state index contributed by atoms with van der Waals surface area (Å²) in [5.74, 6) is 0.347. The lowest BCUT2D eigenvalue weighted by molar-refractivity contribution is 0.475. The van der Waals surface area contributed by atoms with Crippen molar-refractivity contribution in [1.82, 2.24) is 0 Å². The van der Waals surface area contributed by atoms with E-state index < -0.39 is 0 Å². The highest BCUT2D eigenvalue weighted by molar-refractivity contribution is 6.32. The van der Waals surface area contributed by atoms with Gasteiger partial charge in [0, 0.05) is 23.0 Å². The highest BCUT2D eigenvalue weighted by atomic mass is 35.5. The first-order chi connectivity index (χ1) is 10.1.